The predicted molar refractivity (Wildman–Crippen MR) is 170 cm³/mol. The number of aliphatic hydroxyl groups excluding tert-OH is 1. The summed E-state index contributed by atoms with van der Waals surface area (Å²) in [5, 5.41) is 26.1. The molecule has 2 fully saturated rings. The Morgan fingerprint density at radius 2 is 1.89 bits per heavy atom. The second-order valence-corrected chi connectivity index (χ2v) is 12.2. The highest BCUT2D eigenvalue weighted by Crippen LogP contribution is 2.34. The number of nitrogens with one attached hydrogen (secondary N) is 3. The minimum absolute atomic E-state index is 0.0531. The van der Waals surface area contributed by atoms with E-state index >= 15 is 0 Å². The van der Waals surface area contributed by atoms with E-state index in [0.717, 1.165) is 33.5 Å². The largest absolute Gasteiger partial charge is 0.389 e. The maximum atomic E-state index is 12.5. The van der Waals surface area contributed by atoms with Gasteiger partial charge >= 0.3 is 0 Å². The van der Waals surface area contributed by atoms with Crippen molar-refractivity contribution in [2.75, 3.05) is 40.6 Å². The lowest BCUT2D eigenvalue weighted by atomic mass is 9.93. The van der Waals surface area contributed by atoms with Crippen LogP contribution in [0.1, 0.15) is 36.4 Å². The summed E-state index contributed by atoms with van der Waals surface area (Å²) in [6.45, 7) is 0.927. The van der Waals surface area contributed by atoms with Crippen molar-refractivity contribution in [3.63, 3.8) is 0 Å². The summed E-state index contributed by atoms with van der Waals surface area (Å²) in [7, 11) is 3.59. The van der Waals surface area contributed by atoms with Crippen molar-refractivity contribution >= 4 is 69.1 Å². The number of carbonyl (C=O) groups excluding carboxylic acids is 3. The van der Waals surface area contributed by atoms with Crippen molar-refractivity contribution in [3.8, 4) is 0 Å². The zero-order valence-corrected chi connectivity index (χ0v) is 25.5. The molecule has 45 heavy (non-hydrogen) atoms. The molecule has 0 spiro atoms. The van der Waals surface area contributed by atoms with E-state index in [4.69, 9.17) is 11.6 Å². The zero-order valence-electron chi connectivity index (χ0n) is 24.7. The molecule has 14 heteroatoms. The summed E-state index contributed by atoms with van der Waals surface area (Å²) in [5.74, 6) is -0.0939. The molecule has 13 nitrogen and oxygen atoms in total. The van der Waals surface area contributed by atoms with Crippen molar-refractivity contribution in [3.05, 3.63) is 58.9 Å². The number of piperidine rings is 2. The van der Waals surface area contributed by atoms with Crippen LogP contribution in [0.3, 0.4) is 0 Å². The van der Waals surface area contributed by atoms with Gasteiger partial charge in [0.05, 0.1) is 41.9 Å². The lowest BCUT2D eigenvalue weighted by Crippen LogP contribution is -2.50. The molecule has 0 bridgehead atoms. The molecule has 232 valence electrons. The maximum Gasteiger partial charge on any atom is 0.235 e. The molecular weight excluding hydrogens is 598 g/mol. The van der Waals surface area contributed by atoms with Crippen molar-refractivity contribution in [2.45, 2.75) is 43.7 Å². The van der Waals surface area contributed by atoms with Crippen molar-refractivity contribution in [1.29, 1.82) is 0 Å². The van der Waals surface area contributed by atoms with Gasteiger partial charge in [-0.3, -0.25) is 24.4 Å². The molecular formula is C31H32ClN9O4. The van der Waals surface area contributed by atoms with E-state index < -0.39 is 12.0 Å². The Labute approximate surface area is 263 Å². The molecule has 2 aromatic carbocycles. The number of hydrogen-bond donors (Lipinski definition) is 4. The monoisotopic (exact) mass is 629 g/mol. The lowest BCUT2D eigenvalue weighted by Gasteiger charge is -2.36. The number of halogens is 1. The third-order valence-corrected chi connectivity index (χ3v) is 9.09. The van der Waals surface area contributed by atoms with Gasteiger partial charge < -0.3 is 25.5 Å². The van der Waals surface area contributed by atoms with Crippen LogP contribution in [0.4, 0.5) is 28.8 Å². The molecule has 4 N–H and O–H groups in total. The standard InChI is InChI=1S/C31H32ClN9O4/c1-39-23-7-4-17(11-16(23)12-27(39)44)35-29-21(32)14-33-31(37-29)41-10-9-22(25(42)15-41)34-18-3-5-19-24(13-18)40(2)38-28(19)20-6-8-26(43)36-30(20)45/h3-5,7,11,13-14,20,22,25,34,42H,6,8-10,12,15H2,1-2H3,(H,33,35,37)(H,36,43,45)/t20?,22-,25-/m1/s1. The Kier molecular flexibility index (Phi) is 7.29. The number of anilines is 5. The Morgan fingerprint density at radius 1 is 1.07 bits per heavy atom. The highest BCUT2D eigenvalue weighted by molar-refractivity contribution is 6.32. The van der Waals surface area contributed by atoms with Gasteiger partial charge in [-0.15, -0.1) is 0 Å². The number of carbonyl (C=O) groups is 3. The topological polar surface area (TPSA) is 158 Å². The van der Waals surface area contributed by atoms with E-state index in [1.165, 1.54) is 0 Å². The third kappa shape index (κ3) is 5.42. The van der Waals surface area contributed by atoms with Crippen molar-refractivity contribution in [2.24, 2.45) is 7.05 Å². The first-order chi connectivity index (χ1) is 21.6. The van der Waals surface area contributed by atoms with Gasteiger partial charge in [-0.05, 0) is 54.8 Å². The average molecular weight is 630 g/mol. The molecule has 2 aromatic heterocycles. The van der Waals surface area contributed by atoms with Crippen LogP contribution < -0.4 is 25.8 Å². The molecule has 0 saturated carbocycles. The molecule has 0 radical (unpaired) electrons. The van der Waals surface area contributed by atoms with Crippen LogP contribution in [0.15, 0.2) is 42.6 Å². The number of benzene rings is 2. The SMILES string of the molecule is CN1C(=O)Cc2cc(Nc3nc(N4CC[C@@H](Nc5ccc6c(C7CCC(=O)NC7=O)nn(C)c6c5)[C@H](O)C4)ncc3Cl)ccc21. The number of β-amino-alcohol motifs (C(OH)–C–C–N with tert-alkyl or cyclic N) is 1. The van der Waals surface area contributed by atoms with Gasteiger partial charge in [0, 0.05) is 56.1 Å². The van der Waals surface area contributed by atoms with Gasteiger partial charge in [-0.1, -0.05) is 11.6 Å². The number of rotatable bonds is 6. The molecule has 3 aliphatic heterocycles. The number of likely N-dealkylation sites (N-methyl/N-ethyl adjacent to an activating group) is 1. The quantitative estimate of drug-likeness (QED) is 0.234. The minimum Gasteiger partial charge on any atom is -0.389 e. The van der Waals surface area contributed by atoms with Gasteiger partial charge in [0.1, 0.15) is 5.02 Å². The number of aliphatic hydroxyl groups is 1. The molecule has 7 rings (SSSR count). The maximum absolute atomic E-state index is 12.5. The lowest BCUT2D eigenvalue weighted by molar-refractivity contribution is -0.134. The van der Waals surface area contributed by atoms with Crippen LogP contribution >= 0.6 is 11.6 Å². The number of amides is 3. The summed E-state index contributed by atoms with van der Waals surface area (Å²) >= 11 is 6.43. The van der Waals surface area contributed by atoms with E-state index in [-0.39, 0.29) is 23.8 Å². The summed E-state index contributed by atoms with van der Waals surface area (Å²) in [5.41, 5.74) is 4.93. The first-order valence-corrected chi connectivity index (χ1v) is 15.2. The van der Waals surface area contributed by atoms with E-state index in [9.17, 15) is 19.5 Å². The van der Waals surface area contributed by atoms with Crippen molar-refractivity contribution < 1.29 is 19.5 Å². The van der Waals surface area contributed by atoms with Gasteiger partial charge in [-0.25, -0.2) is 4.98 Å². The van der Waals surface area contributed by atoms with Crippen LogP contribution in [0.5, 0.6) is 0 Å². The molecule has 3 atom stereocenters. The molecule has 3 amide bonds. The second kappa shape index (κ2) is 11.3. The van der Waals surface area contributed by atoms with E-state index in [0.29, 0.717) is 61.3 Å². The van der Waals surface area contributed by atoms with Crippen LogP contribution in [0.2, 0.25) is 5.02 Å². The molecule has 5 heterocycles. The summed E-state index contributed by atoms with van der Waals surface area (Å²) in [4.78, 5) is 48.8. The van der Waals surface area contributed by atoms with Crippen LogP contribution in [0.25, 0.3) is 10.9 Å². The van der Waals surface area contributed by atoms with Crippen LogP contribution in [-0.2, 0) is 27.9 Å². The van der Waals surface area contributed by atoms with Crippen LogP contribution in [-0.4, -0.2) is 74.9 Å². The first-order valence-electron chi connectivity index (χ1n) is 14.8. The molecule has 3 aliphatic rings. The number of hydrogen-bond acceptors (Lipinski definition) is 10. The first kappa shape index (κ1) is 29.0. The Hall–Kier alpha value is -4.75. The van der Waals surface area contributed by atoms with Gasteiger partial charge in [0.2, 0.25) is 23.7 Å². The van der Waals surface area contributed by atoms with E-state index in [1.807, 2.05) is 48.3 Å². The Morgan fingerprint density at radius 3 is 2.69 bits per heavy atom. The second-order valence-electron chi connectivity index (χ2n) is 11.8. The van der Waals surface area contributed by atoms with Gasteiger partial charge in [0.25, 0.3) is 0 Å². The Balaban J connectivity index is 1.02. The van der Waals surface area contributed by atoms with E-state index in [1.54, 1.807) is 22.8 Å². The number of aryl methyl sites for hydroxylation is 1. The average Bonchev–Trinajstić information content (AvgIpc) is 3.49. The molecule has 1 unspecified atom stereocenters. The summed E-state index contributed by atoms with van der Waals surface area (Å²) in [6, 6.07) is 11.3. The molecule has 0 aliphatic carbocycles. The molecule has 2 saturated heterocycles. The number of imide groups is 1. The molecule has 4 aromatic rings. The zero-order chi connectivity index (χ0) is 31.4. The van der Waals surface area contributed by atoms with E-state index in [2.05, 4.69) is 31.0 Å². The summed E-state index contributed by atoms with van der Waals surface area (Å²) in [6.07, 6.45) is 2.54. The fourth-order valence-electron chi connectivity index (χ4n) is 6.37. The minimum atomic E-state index is -0.707. The fraction of sp³-hybridized carbons (Fsp3) is 0.355. The highest BCUT2D eigenvalue weighted by atomic mass is 35.5. The normalized spacial score (nSPS) is 21.7. The summed E-state index contributed by atoms with van der Waals surface area (Å²) < 4.78 is 1.74. The Bertz CT molecular complexity index is 1860. The van der Waals surface area contributed by atoms with Crippen LogP contribution in [0, 0.1) is 0 Å². The number of fused-ring (bicyclic) bond motifs is 2. The van der Waals surface area contributed by atoms with Gasteiger partial charge in [-0.2, -0.15) is 10.1 Å². The van der Waals surface area contributed by atoms with Crippen molar-refractivity contribution in [1.82, 2.24) is 25.1 Å². The number of aromatic nitrogens is 4. The van der Waals surface area contributed by atoms with Gasteiger partial charge in [0.15, 0.2) is 5.82 Å². The smallest absolute Gasteiger partial charge is 0.235 e. The third-order valence-electron chi connectivity index (χ3n) is 8.82. The highest BCUT2D eigenvalue weighted by Gasteiger charge is 2.33. The predicted octanol–water partition coefficient (Wildman–Crippen LogP) is 2.85. The fourth-order valence-corrected chi connectivity index (χ4v) is 6.50. The number of nitrogens with zero attached hydrogens (tertiary/aromatic N) is 6.